The first-order chi connectivity index (χ1) is 11.1. The zero-order chi connectivity index (χ0) is 16.2. The van der Waals surface area contributed by atoms with Crippen molar-refractivity contribution in [2.75, 3.05) is 18.9 Å². The predicted molar refractivity (Wildman–Crippen MR) is 85.4 cm³/mol. The molecule has 2 aromatic carbocycles. The van der Waals surface area contributed by atoms with E-state index in [4.69, 9.17) is 4.42 Å². The van der Waals surface area contributed by atoms with Crippen LogP contribution in [0.3, 0.4) is 0 Å². The van der Waals surface area contributed by atoms with Gasteiger partial charge in [0.25, 0.3) is 0 Å². The third-order valence-corrected chi connectivity index (χ3v) is 3.28. The van der Waals surface area contributed by atoms with Crippen molar-refractivity contribution in [3.05, 3.63) is 60.2 Å². The van der Waals surface area contributed by atoms with E-state index < -0.39 is 0 Å². The van der Waals surface area contributed by atoms with Gasteiger partial charge in [-0.05, 0) is 43.4 Å². The summed E-state index contributed by atoms with van der Waals surface area (Å²) >= 11 is 0. The van der Waals surface area contributed by atoms with Gasteiger partial charge in [0.05, 0.1) is 13.1 Å². The van der Waals surface area contributed by atoms with Crippen molar-refractivity contribution in [2.45, 2.75) is 6.54 Å². The Morgan fingerprint density at radius 3 is 2.70 bits per heavy atom. The molecule has 118 valence electrons. The van der Waals surface area contributed by atoms with Gasteiger partial charge >= 0.3 is 0 Å². The largest absolute Gasteiger partial charge is 0.439 e. The van der Waals surface area contributed by atoms with E-state index in [1.165, 1.54) is 24.3 Å². The number of nitrogens with zero attached hydrogens (tertiary/aromatic N) is 2. The van der Waals surface area contributed by atoms with Crippen molar-refractivity contribution in [1.82, 2.24) is 9.88 Å². The molecule has 3 rings (SSSR count). The number of para-hydroxylation sites is 2. The molecule has 0 radical (unpaired) electrons. The van der Waals surface area contributed by atoms with Crippen molar-refractivity contribution >= 4 is 22.7 Å². The Labute approximate surface area is 132 Å². The van der Waals surface area contributed by atoms with Crippen LogP contribution in [0.25, 0.3) is 11.1 Å². The molecule has 1 amide bonds. The molecular formula is C17H16FN3O2. The summed E-state index contributed by atoms with van der Waals surface area (Å²) in [6.45, 7) is 0.599. The van der Waals surface area contributed by atoms with Crippen LogP contribution in [0.5, 0.6) is 0 Å². The summed E-state index contributed by atoms with van der Waals surface area (Å²) in [7, 11) is 1.80. The summed E-state index contributed by atoms with van der Waals surface area (Å²) in [5, 5.41) is 2.71. The van der Waals surface area contributed by atoms with E-state index in [-0.39, 0.29) is 18.3 Å². The van der Waals surface area contributed by atoms with E-state index >= 15 is 0 Å². The lowest BCUT2D eigenvalue weighted by molar-refractivity contribution is -0.117. The van der Waals surface area contributed by atoms with E-state index in [2.05, 4.69) is 10.3 Å². The number of anilines is 1. The molecule has 1 aromatic heterocycles. The van der Waals surface area contributed by atoms with E-state index in [9.17, 15) is 9.18 Å². The van der Waals surface area contributed by atoms with E-state index in [0.29, 0.717) is 18.1 Å². The molecule has 5 nitrogen and oxygen atoms in total. The van der Waals surface area contributed by atoms with Crippen LogP contribution in [-0.2, 0) is 11.3 Å². The Kier molecular flexibility index (Phi) is 4.34. The molecule has 0 saturated carbocycles. The van der Waals surface area contributed by atoms with Gasteiger partial charge in [-0.3, -0.25) is 9.69 Å². The fourth-order valence-electron chi connectivity index (χ4n) is 2.25. The molecule has 0 aliphatic carbocycles. The molecular weight excluding hydrogens is 297 g/mol. The topological polar surface area (TPSA) is 58.4 Å². The summed E-state index contributed by atoms with van der Waals surface area (Å²) in [5.74, 6) is 0.0366. The van der Waals surface area contributed by atoms with Gasteiger partial charge in [0.2, 0.25) is 11.8 Å². The smallest absolute Gasteiger partial charge is 0.238 e. The second kappa shape index (κ2) is 6.58. The van der Waals surface area contributed by atoms with Gasteiger partial charge in [-0.25, -0.2) is 9.37 Å². The van der Waals surface area contributed by atoms with Crippen LogP contribution in [0, 0.1) is 5.82 Å². The molecule has 1 heterocycles. The average Bonchev–Trinajstić information content (AvgIpc) is 2.91. The minimum Gasteiger partial charge on any atom is -0.439 e. The number of likely N-dealkylation sites (N-methyl/N-ethyl adjacent to an activating group) is 1. The van der Waals surface area contributed by atoms with Crippen LogP contribution in [-0.4, -0.2) is 29.4 Å². The van der Waals surface area contributed by atoms with Crippen LogP contribution in [0.15, 0.2) is 52.9 Å². The molecule has 3 aromatic rings. The lowest BCUT2D eigenvalue weighted by Crippen LogP contribution is -2.29. The molecule has 0 unspecified atom stereocenters. The first kappa shape index (κ1) is 15.2. The molecule has 0 fully saturated rings. The second-order valence-electron chi connectivity index (χ2n) is 5.30. The molecule has 0 spiro atoms. The number of carbonyl (C=O) groups is 1. The molecule has 1 N–H and O–H groups in total. The van der Waals surface area contributed by atoms with Crippen molar-refractivity contribution in [1.29, 1.82) is 0 Å². The highest BCUT2D eigenvalue weighted by Crippen LogP contribution is 2.15. The number of halogens is 1. The number of benzene rings is 2. The van der Waals surface area contributed by atoms with Crippen LogP contribution >= 0.6 is 0 Å². The van der Waals surface area contributed by atoms with Gasteiger partial charge in [-0.2, -0.15) is 0 Å². The lowest BCUT2D eigenvalue weighted by atomic mass is 10.3. The van der Waals surface area contributed by atoms with Gasteiger partial charge in [0, 0.05) is 5.69 Å². The molecule has 0 bridgehead atoms. The van der Waals surface area contributed by atoms with Crippen LogP contribution in [0.2, 0.25) is 0 Å². The minimum atomic E-state index is -0.337. The number of rotatable bonds is 5. The third-order valence-electron chi connectivity index (χ3n) is 3.28. The lowest BCUT2D eigenvalue weighted by Gasteiger charge is -2.14. The quantitative estimate of drug-likeness (QED) is 0.786. The number of nitrogens with one attached hydrogen (secondary N) is 1. The van der Waals surface area contributed by atoms with Crippen molar-refractivity contribution in [3.8, 4) is 0 Å². The number of aromatic nitrogens is 1. The first-order valence-corrected chi connectivity index (χ1v) is 7.18. The van der Waals surface area contributed by atoms with Gasteiger partial charge < -0.3 is 9.73 Å². The normalized spacial score (nSPS) is 11.1. The van der Waals surface area contributed by atoms with Crippen molar-refractivity contribution < 1.29 is 13.6 Å². The van der Waals surface area contributed by atoms with Crippen molar-refractivity contribution in [2.24, 2.45) is 0 Å². The average molecular weight is 313 g/mol. The monoisotopic (exact) mass is 313 g/mol. The van der Waals surface area contributed by atoms with Gasteiger partial charge in [0.15, 0.2) is 5.58 Å². The Morgan fingerprint density at radius 1 is 1.22 bits per heavy atom. The maximum absolute atomic E-state index is 12.8. The standard InChI is InChI=1S/C17H16FN3O2/c1-21(10-16(22)19-13-8-6-12(18)7-9-13)11-17-20-14-4-2-3-5-15(14)23-17/h2-9H,10-11H2,1H3,(H,19,22). The van der Waals surface area contributed by atoms with E-state index in [1.807, 2.05) is 24.3 Å². The summed E-state index contributed by atoms with van der Waals surface area (Å²) in [5.41, 5.74) is 2.09. The van der Waals surface area contributed by atoms with Gasteiger partial charge in [0.1, 0.15) is 11.3 Å². The predicted octanol–water partition coefficient (Wildman–Crippen LogP) is 3.04. The molecule has 0 atom stereocenters. The van der Waals surface area contributed by atoms with E-state index in [1.54, 1.807) is 11.9 Å². The van der Waals surface area contributed by atoms with Gasteiger partial charge in [-0.15, -0.1) is 0 Å². The van der Waals surface area contributed by atoms with Gasteiger partial charge in [-0.1, -0.05) is 12.1 Å². The van der Waals surface area contributed by atoms with E-state index in [0.717, 1.165) is 11.1 Å². The summed E-state index contributed by atoms with van der Waals surface area (Å²) in [4.78, 5) is 18.1. The number of carbonyl (C=O) groups excluding carboxylic acids is 1. The Morgan fingerprint density at radius 2 is 1.96 bits per heavy atom. The Hall–Kier alpha value is -2.73. The first-order valence-electron chi connectivity index (χ1n) is 7.18. The zero-order valence-electron chi connectivity index (χ0n) is 12.6. The second-order valence-corrected chi connectivity index (χ2v) is 5.30. The summed E-state index contributed by atoms with van der Waals surface area (Å²) in [6, 6.07) is 13.2. The number of hydrogen-bond acceptors (Lipinski definition) is 4. The fourth-order valence-corrected chi connectivity index (χ4v) is 2.25. The molecule has 0 aliphatic heterocycles. The maximum atomic E-state index is 12.8. The maximum Gasteiger partial charge on any atom is 0.238 e. The number of amides is 1. The SMILES string of the molecule is CN(CC(=O)Nc1ccc(F)cc1)Cc1nc2ccccc2o1. The number of hydrogen-bond donors (Lipinski definition) is 1. The highest BCUT2D eigenvalue weighted by atomic mass is 19.1. The van der Waals surface area contributed by atoms with Crippen LogP contribution in [0.4, 0.5) is 10.1 Å². The minimum absolute atomic E-state index is 0.177. The third kappa shape index (κ3) is 3.92. The molecule has 0 saturated heterocycles. The highest BCUT2D eigenvalue weighted by Gasteiger charge is 2.11. The van der Waals surface area contributed by atoms with Crippen molar-refractivity contribution in [3.63, 3.8) is 0 Å². The number of fused-ring (bicyclic) bond motifs is 1. The zero-order valence-corrected chi connectivity index (χ0v) is 12.6. The highest BCUT2D eigenvalue weighted by molar-refractivity contribution is 5.92. The van der Waals surface area contributed by atoms with Crippen LogP contribution in [0.1, 0.15) is 5.89 Å². The number of oxazole rings is 1. The molecule has 23 heavy (non-hydrogen) atoms. The molecule has 6 heteroatoms. The fraction of sp³-hybridized carbons (Fsp3) is 0.176. The summed E-state index contributed by atoms with van der Waals surface area (Å²) in [6.07, 6.45) is 0. The summed E-state index contributed by atoms with van der Waals surface area (Å²) < 4.78 is 18.5. The molecule has 0 aliphatic rings. The van der Waals surface area contributed by atoms with Crippen LogP contribution < -0.4 is 5.32 Å². The Balaban J connectivity index is 1.56. The Bertz CT molecular complexity index is 781.